The van der Waals surface area contributed by atoms with Crippen molar-refractivity contribution in [1.82, 2.24) is 5.32 Å². The molecule has 88 valence electrons. The number of ether oxygens (including phenoxy) is 1. The first-order chi connectivity index (χ1) is 7.67. The molecule has 2 aliphatic heterocycles. The first kappa shape index (κ1) is 11.4. The van der Waals surface area contributed by atoms with Crippen LogP contribution in [0.2, 0.25) is 0 Å². The molecular formula is C12H17NO3. The number of rotatable bonds is 5. The number of amides is 1. The second-order valence-corrected chi connectivity index (χ2v) is 4.21. The Kier molecular flexibility index (Phi) is 3.12. The number of aliphatic hydroxyl groups is 1. The zero-order valence-electron chi connectivity index (χ0n) is 9.35. The van der Waals surface area contributed by atoms with Crippen molar-refractivity contribution >= 4 is 5.91 Å². The van der Waals surface area contributed by atoms with Crippen LogP contribution in [0.15, 0.2) is 24.3 Å². The molecule has 0 radical (unpaired) electrons. The number of epoxide rings is 1. The molecular weight excluding hydrogens is 206 g/mol. The van der Waals surface area contributed by atoms with Gasteiger partial charge in [-0.3, -0.25) is 4.79 Å². The smallest absolute Gasteiger partial charge is 0.254 e. The summed E-state index contributed by atoms with van der Waals surface area (Å²) >= 11 is 0. The van der Waals surface area contributed by atoms with Crippen molar-refractivity contribution in [3.63, 3.8) is 0 Å². The zero-order valence-corrected chi connectivity index (χ0v) is 9.35. The summed E-state index contributed by atoms with van der Waals surface area (Å²) in [4.78, 5) is 11.2. The summed E-state index contributed by atoms with van der Waals surface area (Å²) in [6.07, 6.45) is 9.53. The number of carbonyl (C=O) groups excluding carboxylic acids is 1. The maximum Gasteiger partial charge on any atom is 0.254 e. The summed E-state index contributed by atoms with van der Waals surface area (Å²) < 4.78 is 5.08. The second kappa shape index (κ2) is 4.39. The molecule has 2 aliphatic rings. The van der Waals surface area contributed by atoms with E-state index >= 15 is 0 Å². The molecule has 0 aromatic heterocycles. The van der Waals surface area contributed by atoms with Gasteiger partial charge in [-0.2, -0.15) is 0 Å². The summed E-state index contributed by atoms with van der Waals surface area (Å²) in [5.41, 5.74) is -1.15. The molecule has 16 heavy (non-hydrogen) atoms. The van der Waals surface area contributed by atoms with Crippen LogP contribution in [-0.4, -0.2) is 28.9 Å². The molecule has 2 fully saturated rings. The number of allylic oxidation sites excluding steroid dienone is 4. The van der Waals surface area contributed by atoms with E-state index in [9.17, 15) is 9.90 Å². The predicted molar refractivity (Wildman–Crippen MR) is 59.6 cm³/mol. The van der Waals surface area contributed by atoms with E-state index in [0.717, 1.165) is 12.8 Å². The monoisotopic (exact) mass is 223 g/mol. The lowest BCUT2D eigenvalue weighted by Gasteiger charge is -2.22. The second-order valence-electron chi connectivity index (χ2n) is 4.21. The molecule has 4 heteroatoms. The average molecular weight is 223 g/mol. The van der Waals surface area contributed by atoms with Crippen LogP contribution in [0, 0.1) is 0 Å². The van der Waals surface area contributed by atoms with E-state index < -0.39 is 11.8 Å². The molecule has 0 bridgehead atoms. The van der Waals surface area contributed by atoms with Gasteiger partial charge in [0, 0.05) is 6.42 Å². The van der Waals surface area contributed by atoms with E-state index in [1.54, 1.807) is 0 Å². The molecule has 0 saturated carbocycles. The molecule has 0 aromatic rings. The standard InChI is InChI=1S/C12H17NO3/c1-2-3-4-5-6-7-8-12(15)10-9(16-10)11(14)13-12/h2-3,5-6,9-10,15H,4,7-8H2,1H3,(H,13,14)/b3-2+,6-5+/t9-,10+,12?/m1/s1. The summed E-state index contributed by atoms with van der Waals surface area (Å²) in [7, 11) is 0. The molecule has 2 rings (SSSR count). The van der Waals surface area contributed by atoms with E-state index in [-0.39, 0.29) is 12.0 Å². The van der Waals surface area contributed by atoms with Crippen LogP contribution in [0.3, 0.4) is 0 Å². The fourth-order valence-corrected chi connectivity index (χ4v) is 1.97. The molecule has 0 aliphatic carbocycles. The Balaban J connectivity index is 1.74. The third kappa shape index (κ3) is 2.18. The fourth-order valence-electron chi connectivity index (χ4n) is 1.97. The zero-order chi connectivity index (χ0) is 11.6. The molecule has 1 amide bonds. The van der Waals surface area contributed by atoms with E-state index in [2.05, 4.69) is 11.4 Å². The van der Waals surface area contributed by atoms with Crippen LogP contribution in [-0.2, 0) is 9.53 Å². The summed E-state index contributed by atoms with van der Waals surface area (Å²) in [6, 6.07) is 0. The molecule has 0 spiro atoms. The van der Waals surface area contributed by atoms with E-state index in [0.29, 0.717) is 6.42 Å². The molecule has 2 N–H and O–H groups in total. The Morgan fingerprint density at radius 3 is 2.88 bits per heavy atom. The lowest BCUT2D eigenvalue weighted by molar-refractivity contribution is -0.129. The van der Waals surface area contributed by atoms with E-state index in [1.165, 1.54) is 0 Å². The summed E-state index contributed by atoms with van der Waals surface area (Å²) in [5, 5.41) is 12.6. The predicted octanol–water partition coefficient (Wildman–Crippen LogP) is 0.875. The van der Waals surface area contributed by atoms with Crippen LogP contribution < -0.4 is 5.32 Å². The van der Waals surface area contributed by atoms with E-state index in [1.807, 2.05) is 25.2 Å². The minimum atomic E-state index is -1.15. The van der Waals surface area contributed by atoms with Gasteiger partial charge in [0.1, 0.15) is 6.10 Å². The Morgan fingerprint density at radius 2 is 2.31 bits per heavy atom. The van der Waals surface area contributed by atoms with Gasteiger partial charge in [0.2, 0.25) is 0 Å². The van der Waals surface area contributed by atoms with Gasteiger partial charge in [-0.25, -0.2) is 0 Å². The number of hydrogen-bond acceptors (Lipinski definition) is 3. The van der Waals surface area contributed by atoms with Crippen molar-refractivity contribution in [2.45, 2.75) is 44.1 Å². The quantitative estimate of drug-likeness (QED) is 0.537. The average Bonchev–Trinajstić information content (AvgIpc) is 2.99. The normalized spacial score (nSPS) is 37.0. The minimum Gasteiger partial charge on any atom is -0.368 e. The number of nitrogens with one attached hydrogen (secondary N) is 1. The van der Waals surface area contributed by atoms with Gasteiger partial charge >= 0.3 is 0 Å². The third-order valence-corrected chi connectivity index (χ3v) is 2.93. The number of fused-ring (bicyclic) bond motifs is 1. The van der Waals surface area contributed by atoms with Crippen molar-refractivity contribution in [2.24, 2.45) is 0 Å². The van der Waals surface area contributed by atoms with Crippen molar-refractivity contribution in [3.8, 4) is 0 Å². The van der Waals surface area contributed by atoms with Crippen molar-refractivity contribution in [1.29, 1.82) is 0 Å². The largest absolute Gasteiger partial charge is 0.368 e. The van der Waals surface area contributed by atoms with Crippen LogP contribution >= 0.6 is 0 Å². The van der Waals surface area contributed by atoms with Gasteiger partial charge in [-0.1, -0.05) is 24.3 Å². The molecule has 1 unspecified atom stereocenters. The van der Waals surface area contributed by atoms with Crippen molar-refractivity contribution in [2.75, 3.05) is 0 Å². The maximum atomic E-state index is 11.2. The Bertz CT molecular complexity index is 337. The number of hydrogen-bond donors (Lipinski definition) is 2. The molecule has 2 saturated heterocycles. The van der Waals surface area contributed by atoms with Gasteiger partial charge in [-0.15, -0.1) is 0 Å². The van der Waals surface area contributed by atoms with Crippen molar-refractivity contribution < 1.29 is 14.6 Å². The van der Waals surface area contributed by atoms with Gasteiger partial charge < -0.3 is 15.2 Å². The highest BCUT2D eigenvalue weighted by atomic mass is 16.6. The Hall–Kier alpha value is -1.13. The first-order valence-corrected chi connectivity index (χ1v) is 5.63. The van der Waals surface area contributed by atoms with Crippen molar-refractivity contribution in [3.05, 3.63) is 24.3 Å². The Labute approximate surface area is 95.0 Å². The molecule has 4 nitrogen and oxygen atoms in total. The topological polar surface area (TPSA) is 61.9 Å². The first-order valence-electron chi connectivity index (χ1n) is 5.63. The highest BCUT2D eigenvalue weighted by Gasteiger charge is 2.64. The lowest BCUT2D eigenvalue weighted by Crippen LogP contribution is -2.47. The summed E-state index contributed by atoms with van der Waals surface area (Å²) in [6.45, 7) is 1.98. The van der Waals surface area contributed by atoms with E-state index in [4.69, 9.17) is 4.74 Å². The van der Waals surface area contributed by atoms with Crippen LogP contribution in [0.1, 0.15) is 26.2 Å². The maximum absolute atomic E-state index is 11.2. The minimum absolute atomic E-state index is 0.189. The number of carbonyl (C=O) groups is 1. The SMILES string of the molecule is C/C=C/C/C=C/CCC1(O)NC(=O)[C@@H]2O[C@@H]21. The fraction of sp³-hybridized carbons (Fsp3) is 0.583. The third-order valence-electron chi connectivity index (χ3n) is 2.93. The molecule has 2 heterocycles. The molecule has 0 aromatic carbocycles. The number of morpholine rings is 1. The highest BCUT2D eigenvalue weighted by molar-refractivity contribution is 5.88. The van der Waals surface area contributed by atoms with Crippen LogP contribution in [0.4, 0.5) is 0 Å². The summed E-state index contributed by atoms with van der Waals surface area (Å²) in [5.74, 6) is -0.189. The van der Waals surface area contributed by atoms with Gasteiger partial charge in [-0.05, 0) is 19.8 Å². The van der Waals surface area contributed by atoms with Crippen LogP contribution in [0.5, 0.6) is 0 Å². The highest BCUT2D eigenvalue weighted by Crippen LogP contribution is 2.39. The lowest BCUT2D eigenvalue weighted by atomic mass is 10.0. The van der Waals surface area contributed by atoms with Gasteiger partial charge in [0.05, 0.1) is 0 Å². The van der Waals surface area contributed by atoms with Crippen LogP contribution in [0.25, 0.3) is 0 Å². The van der Waals surface area contributed by atoms with Gasteiger partial charge in [0.15, 0.2) is 11.8 Å². The Morgan fingerprint density at radius 1 is 1.50 bits per heavy atom. The van der Waals surface area contributed by atoms with Gasteiger partial charge in [0.25, 0.3) is 5.91 Å². The molecule has 3 atom stereocenters.